The van der Waals surface area contributed by atoms with Crippen molar-refractivity contribution in [1.82, 2.24) is 20.1 Å². The Morgan fingerprint density at radius 1 is 1.52 bits per heavy atom. The highest BCUT2D eigenvalue weighted by molar-refractivity contribution is 7.71. The highest BCUT2D eigenvalue weighted by Gasteiger charge is 2.12. The number of hydrogen-bond donors (Lipinski definition) is 2. The maximum absolute atomic E-state index is 11.9. The Morgan fingerprint density at radius 2 is 2.29 bits per heavy atom. The van der Waals surface area contributed by atoms with Crippen molar-refractivity contribution in [3.63, 3.8) is 0 Å². The number of H-pyrrole nitrogens is 1. The summed E-state index contributed by atoms with van der Waals surface area (Å²) in [5.41, 5.74) is 0. The van der Waals surface area contributed by atoms with Crippen molar-refractivity contribution in [2.75, 3.05) is 6.54 Å². The van der Waals surface area contributed by atoms with Gasteiger partial charge < -0.3 is 14.3 Å². The van der Waals surface area contributed by atoms with Gasteiger partial charge in [0.05, 0.1) is 0 Å². The average Bonchev–Trinajstić information content (AvgIpc) is 3.06. The Hall–Kier alpha value is -1.89. The van der Waals surface area contributed by atoms with Crippen molar-refractivity contribution in [1.29, 1.82) is 0 Å². The minimum atomic E-state index is -0.212. The minimum Gasteiger partial charge on any atom is -0.456 e. The van der Waals surface area contributed by atoms with Gasteiger partial charge in [-0.2, -0.15) is 5.10 Å². The van der Waals surface area contributed by atoms with Crippen molar-refractivity contribution in [2.24, 2.45) is 0 Å². The molecule has 0 fully saturated rings. The Balaban J connectivity index is 1.94. The summed E-state index contributed by atoms with van der Waals surface area (Å²) in [4.78, 5) is 11.9. The molecule has 6 nitrogen and oxygen atoms in total. The van der Waals surface area contributed by atoms with Crippen molar-refractivity contribution < 1.29 is 9.21 Å². The van der Waals surface area contributed by atoms with Gasteiger partial charge >= 0.3 is 0 Å². The third kappa shape index (κ3) is 3.60. The van der Waals surface area contributed by atoms with Crippen LogP contribution in [0.3, 0.4) is 0 Å². The normalized spacial score (nSPS) is 11.0. The van der Waals surface area contributed by atoms with Crippen molar-refractivity contribution in [3.05, 3.63) is 34.2 Å². The predicted molar refractivity (Wildman–Crippen MR) is 81.9 cm³/mol. The highest BCUT2D eigenvalue weighted by Crippen LogP contribution is 2.11. The summed E-state index contributed by atoms with van der Waals surface area (Å²) in [6.45, 7) is 7.13. The van der Waals surface area contributed by atoms with Gasteiger partial charge in [0.15, 0.2) is 10.5 Å². The lowest BCUT2D eigenvalue weighted by molar-refractivity contribution is 0.0922. The highest BCUT2D eigenvalue weighted by atomic mass is 32.1. The molecule has 0 aliphatic carbocycles. The number of nitrogens with one attached hydrogen (secondary N) is 2. The largest absolute Gasteiger partial charge is 0.456 e. The molecule has 0 aliphatic heterocycles. The van der Waals surface area contributed by atoms with Gasteiger partial charge in [-0.1, -0.05) is 20.8 Å². The van der Waals surface area contributed by atoms with E-state index in [1.54, 1.807) is 6.07 Å². The van der Waals surface area contributed by atoms with Gasteiger partial charge in [0.2, 0.25) is 0 Å². The van der Waals surface area contributed by atoms with Crippen molar-refractivity contribution in [2.45, 2.75) is 39.7 Å². The van der Waals surface area contributed by atoms with Crippen LogP contribution in [0.4, 0.5) is 0 Å². The van der Waals surface area contributed by atoms with Gasteiger partial charge in [0.1, 0.15) is 11.6 Å². The van der Waals surface area contributed by atoms with E-state index in [9.17, 15) is 4.79 Å². The molecule has 0 spiro atoms. The number of aromatic amines is 1. The number of carbonyl (C=O) groups excluding carboxylic acids is 1. The fraction of sp³-hybridized carbons (Fsp3) is 0.500. The van der Waals surface area contributed by atoms with Crippen LogP contribution < -0.4 is 5.32 Å². The Morgan fingerprint density at radius 3 is 2.90 bits per heavy atom. The van der Waals surface area contributed by atoms with Gasteiger partial charge in [-0.3, -0.25) is 9.89 Å². The molecule has 0 saturated carbocycles. The van der Waals surface area contributed by atoms with E-state index >= 15 is 0 Å². The maximum Gasteiger partial charge on any atom is 0.287 e. The molecule has 2 aromatic heterocycles. The molecule has 0 bridgehead atoms. The van der Waals surface area contributed by atoms with Crippen LogP contribution >= 0.6 is 12.2 Å². The van der Waals surface area contributed by atoms with E-state index in [4.69, 9.17) is 16.6 Å². The molecule has 0 atom stereocenters. The summed E-state index contributed by atoms with van der Waals surface area (Å²) in [6, 6.07) is 3.51. The molecule has 2 aromatic rings. The molecular weight excluding hydrogens is 288 g/mol. The van der Waals surface area contributed by atoms with Crippen LogP contribution in [-0.2, 0) is 13.0 Å². The summed E-state index contributed by atoms with van der Waals surface area (Å²) in [5, 5.41) is 9.81. The number of rotatable bonds is 6. The van der Waals surface area contributed by atoms with Crippen LogP contribution in [0.1, 0.15) is 48.8 Å². The van der Waals surface area contributed by atoms with Crippen LogP contribution in [0.5, 0.6) is 0 Å². The first-order valence-corrected chi connectivity index (χ1v) is 7.45. The van der Waals surface area contributed by atoms with E-state index < -0.39 is 0 Å². The smallest absolute Gasteiger partial charge is 0.287 e. The molecule has 0 aliphatic rings. The number of aryl methyl sites for hydroxylation is 1. The second kappa shape index (κ2) is 6.71. The quantitative estimate of drug-likeness (QED) is 0.804. The van der Waals surface area contributed by atoms with Crippen LogP contribution in [0.15, 0.2) is 16.5 Å². The first-order valence-electron chi connectivity index (χ1n) is 7.05. The zero-order valence-corrected chi connectivity index (χ0v) is 13.3. The SMILES string of the molecule is CCc1ccc(C(=O)NCCn2c(C(C)C)n[nH]c2=S)o1. The van der Waals surface area contributed by atoms with E-state index in [-0.39, 0.29) is 11.8 Å². The van der Waals surface area contributed by atoms with Crippen molar-refractivity contribution in [3.8, 4) is 0 Å². The lowest BCUT2D eigenvalue weighted by Crippen LogP contribution is -2.27. The molecule has 2 heterocycles. The van der Waals surface area contributed by atoms with Gasteiger partial charge in [-0.15, -0.1) is 0 Å². The molecule has 1 amide bonds. The molecule has 0 saturated heterocycles. The second-order valence-electron chi connectivity index (χ2n) is 5.07. The molecule has 2 rings (SSSR count). The third-order valence-corrected chi connectivity index (χ3v) is 3.47. The lowest BCUT2D eigenvalue weighted by Gasteiger charge is -2.09. The van der Waals surface area contributed by atoms with Crippen LogP contribution in [0.2, 0.25) is 0 Å². The van der Waals surface area contributed by atoms with E-state index in [1.165, 1.54) is 0 Å². The summed E-state index contributed by atoms with van der Waals surface area (Å²) in [7, 11) is 0. The average molecular weight is 308 g/mol. The minimum absolute atomic E-state index is 0.212. The lowest BCUT2D eigenvalue weighted by atomic mass is 10.2. The Kier molecular flexibility index (Phi) is 4.95. The topological polar surface area (TPSA) is 75.8 Å². The zero-order valence-electron chi connectivity index (χ0n) is 12.5. The number of nitrogens with zero attached hydrogens (tertiary/aromatic N) is 2. The molecule has 0 aromatic carbocycles. The fourth-order valence-electron chi connectivity index (χ4n) is 2.05. The molecule has 0 unspecified atom stereocenters. The first kappa shape index (κ1) is 15.5. The summed E-state index contributed by atoms with van der Waals surface area (Å²) in [6.07, 6.45) is 0.773. The summed E-state index contributed by atoms with van der Waals surface area (Å²) < 4.78 is 7.88. The zero-order chi connectivity index (χ0) is 15.4. The molecule has 0 radical (unpaired) electrons. The van der Waals surface area contributed by atoms with Gasteiger partial charge in [-0.05, 0) is 24.4 Å². The van der Waals surface area contributed by atoms with E-state index in [1.807, 2.05) is 17.6 Å². The van der Waals surface area contributed by atoms with Crippen LogP contribution in [0, 0.1) is 4.77 Å². The molecule has 114 valence electrons. The van der Waals surface area contributed by atoms with Gasteiger partial charge in [0.25, 0.3) is 5.91 Å². The summed E-state index contributed by atoms with van der Waals surface area (Å²) >= 11 is 5.20. The van der Waals surface area contributed by atoms with E-state index in [0.29, 0.717) is 23.6 Å². The van der Waals surface area contributed by atoms with Crippen LogP contribution in [-0.4, -0.2) is 27.2 Å². The van der Waals surface area contributed by atoms with E-state index in [0.717, 1.165) is 18.0 Å². The molecular formula is C14H20N4O2S. The third-order valence-electron chi connectivity index (χ3n) is 3.16. The van der Waals surface area contributed by atoms with E-state index in [2.05, 4.69) is 29.4 Å². The number of carbonyl (C=O) groups is 1. The Labute approximate surface area is 128 Å². The maximum atomic E-state index is 11.9. The Bertz CT molecular complexity index is 669. The van der Waals surface area contributed by atoms with Gasteiger partial charge in [-0.25, -0.2) is 0 Å². The number of amides is 1. The summed E-state index contributed by atoms with van der Waals surface area (Å²) in [5.74, 6) is 2.09. The van der Waals surface area contributed by atoms with Crippen molar-refractivity contribution >= 4 is 18.1 Å². The fourth-order valence-corrected chi connectivity index (χ4v) is 2.28. The number of aromatic nitrogens is 3. The molecule has 7 heteroatoms. The van der Waals surface area contributed by atoms with Crippen LogP contribution in [0.25, 0.3) is 0 Å². The number of hydrogen-bond acceptors (Lipinski definition) is 4. The second-order valence-corrected chi connectivity index (χ2v) is 5.46. The first-order chi connectivity index (χ1) is 10.0. The molecule has 2 N–H and O–H groups in total. The molecule has 21 heavy (non-hydrogen) atoms. The predicted octanol–water partition coefficient (Wildman–Crippen LogP) is 2.65. The number of furan rings is 1. The monoisotopic (exact) mass is 308 g/mol. The standard InChI is InChI=1S/C14H20N4O2S/c1-4-10-5-6-11(20-10)13(19)15-7-8-18-12(9(2)3)16-17-14(18)21/h5-6,9H,4,7-8H2,1-3H3,(H,15,19)(H,17,21). The van der Waals surface area contributed by atoms with Gasteiger partial charge in [0, 0.05) is 25.4 Å².